The summed E-state index contributed by atoms with van der Waals surface area (Å²) in [6.45, 7) is 8.33. The van der Waals surface area contributed by atoms with Crippen LogP contribution in [-0.4, -0.2) is 32.8 Å². The lowest BCUT2D eigenvalue weighted by atomic mass is 10.0. The SMILES string of the molecule is Cc1ccccc1N=C(c1ccccc1)c1cccc(C(=Nc2cc(C)c(N=C(c3ccccc3)c3cccc(C(=Nc4ccccc4C)c4ccccc4)n3)cc2C)c2ccccc2)n1. The van der Waals surface area contributed by atoms with Gasteiger partial charge in [-0.2, -0.15) is 0 Å². The standard InChI is InChI=1S/C60H48N6/c1-41-23-17-19-33-49(41)63-57(45-25-9-5-10-26-45)51-35-21-37-53(61-51)59(47-29-13-7-14-30-47)65-55-39-44(4)56(40-43(55)3)66-60(48-31-15-8-16-32-48)54-38-22-36-52(62-54)58(46-27-11-6-12-28-46)64-50-34-20-18-24-42(50)2/h5-40H,1-4H3. The van der Waals surface area contributed by atoms with E-state index < -0.39 is 0 Å². The van der Waals surface area contributed by atoms with Gasteiger partial charge in [-0.15, -0.1) is 0 Å². The quantitative estimate of drug-likeness (QED) is 0.115. The van der Waals surface area contributed by atoms with E-state index in [9.17, 15) is 0 Å². The van der Waals surface area contributed by atoms with Crippen molar-refractivity contribution in [2.45, 2.75) is 27.7 Å². The first-order chi connectivity index (χ1) is 32.4. The number of para-hydroxylation sites is 2. The van der Waals surface area contributed by atoms with Gasteiger partial charge in [-0.1, -0.05) is 170 Å². The minimum absolute atomic E-state index is 0.740. The predicted molar refractivity (Wildman–Crippen MR) is 274 cm³/mol. The summed E-state index contributed by atoms with van der Waals surface area (Å²) in [4.78, 5) is 31.8. The minimum Gasteiger partial charge on any atom is -0.246 e. The van der Waals surface area contributed by atoms with Gasteiger partial charge in [0.25, 0.3) is 0 Å². The molecule has 7 aromatic carbocycles. The van der Waals surface area contributed by atoms with E-state index in [1.807, 2.05) is 146 Å². The van der Waals surface area contributed by atoms with Gasteiger partial charge < -0.3 is 0 Å². The third-order valence-electron chi connectivity index (χ3n) is 11.3. The van der Waals surface area contributed by atoms with E-state index in [2.05, 4.69) is 100 Å². The van der Waals surface area contributed by atoms with Crippen molar-refractivity contribution in [2.75, 3.05) is 0 Å². The maximum atomic E-state index is 5.41. The van der Waals surface area contributed by atoms with E-state index in [-0.39, 0.29) is 0 Å². The fraction of sp³-hybridized carbons (Fsp3) is 0.0667. The third kappa shape index (κ3) is 9.84. The molecule has 0 fully saturated rings. The first-order valence-corrected chi connectivity index (χ1v) is 22.1. The summed E-state index contributed by atoms with van der Waals surface area (Å²) >= 11 is 0. The summed E-state index contributed by atoms with van der Waals surface area (Å²) < 4.78 is 0. The number of aryl methyl sites for hydroxylation is 4. The monoisotopic (exact) mass is 852 g/mol. The van der Waals surface area contributed by atoms with Gasteiger partial charge in [0, 0.05) is 22.3 Å². The second-order valence-electron chi connectivity index (χ2n) is 16.1. The molecule has 9 aromatic rings. The third-order valence-corrected chi connectivity index (χ3v) is 11.3. The van der Waals surface area contributed by atoms with Gasteiger partial charge in [0.05, 0.1) is 68.4 Å². The molecule has 0 radical (unpaired) electrons. The van der Waals surface area contributed by atoms with Crippen LogP contribution in [0.2, 0.25) is 0 Å². The fourth-order valence-corrected chi connectivity index (χ4v) is 7.75. The van der Waals surface area contributed by atoms with Crippen LogP contribution in [-0.2, 0) is 0 Å². The zero-order chi connectivity index (χ0) is 45.2. The predicted octanol–water partition coefficient (Wildman–Crippen LogP) is 14.4. The zero-order valence-corrected chi connectivity index (χ0v) is 37.5. The molecule has 2 heterocycles. The van der Waals surface area contributed by atoms with E-state index in [4.69, 9.17) is 29.9 Å². The largest absolute Gasteiger partial charge is 0.246 e. The Kier molecular flexibility index (Phi) is 12.9. The molecule has 0 spiro atoms. The van der Waals surface area contributed by atoms with E-state index >= 15 is 0 Å². The van der Waals surface area contributed by atoms with Gasteiger partial charge in [-0.3, -0.25) is 0 Å². The highest BCUT2D eigenvalue weighted by atomic mass is 14.9. The van der Waals surface area contributed by atoms with Crippen molar-refractivity contribution in [1.29, 1.82) is 0 Å². The van der Waals surface area contributed by atoms with Gasteiger partial charge in [-0.05, 0) is 98.5 Å². The summed E-state index contributed by atoms with van der Waals surface area (Å²) in [5.74, 6) is 0. The molecule has 9 rings (SSSR count). The summed E-state index contributed by atoms with van der Waals surface area (Å²) in [5.41, 5.74) is 17.5. The van der Waals surface area contributed by atoms with Crippen LogP contribution in [0.4, 0.5) is 22.7 Å². The lowest BCUT2D eigenvalue weighted by Gasteiger charge is -2.14. The van der Waals surface area contributed by atoms with Crippen LogP contribution in [0.25, 0.3) is 0 Å². The van der Waals surface area contributed by atoms with Crippen molar-refractivity contribution in [3.05, 3.63) is 286 Å². The normalized spacial score (nSPS) is 12.3. The Labute approximate surface area is 387 Å². The van der Waals surface area contributed by atoms with Crippen LogP contribution in [0.15, 0.2) is 238 Å². The Bertz CT molecular complexity index is 3040. The average Bonchev–Trinajstić information content (AvgIpc) is 3.36. The number of rotatable bonds is 12. The van der Waals surface area contributed by atoms with Crippen LogP contribution in [0.1, 0.15) is 67.3 Å². The number of nitrogens with zero attached hydrogens (tertiary/aromatic N) is 6. The first-order valence-electron chi connectivity index (χ1n) is 22.1. The molecule has 0 amide bonds. The number of pyridine rings is 2. The van der Waals surface area contributed by atoms with E-state index in [1.165, 1.54) is 0 Å². The van der Waals surface area contributed by atoms with Crippen molar-refractivity contribution in [3.8, 4) is 0 Å². The fourth-order valence-electron chi connectivity index (χ4n) is 7.75. The zero-order valence-electron chi connectivity index (χ0n) is 37.5. The lowest BCUT2D eigenvalue weighted by molar-refractivity contribution is 1.23. The topological polar surface area (TPSA) is 75.2 Å². The van der Waals surface area contributed by atoms with Gasteiger partial charge in [0.1, 0.15) is 0 Å². The Morgan fingerprint density at radius 2 is 0.515 bits per heavy atom. The molecule has 0 aliphatic heterocycles. The summed E-state index contributed by atoms with van der Waals surface area (Å²) in [7, 11) is 0. The molecule has 0 aliphatic carbocycles. The smallest absolute Gasteiger partial charge is 0.0966 e. The van der Waals surface area contributed by atoms with Crippen LogP contribution in [0.5, 0.6) is 0 Å². The lowest BCUT2D eigenvalue weighted by Crippen LogP contribution is -2.12. The van der Waals surface area contributed by atoms with Gasteiger partial charge in [-0.25, -0.2) is 29.9 Å². The molecular formula is C60H48N6. The number of aromatic nitrogens is 2. The highest BCUT2D eigenvalue weighted by molar-refractivity contribution is 6.17. The molecule has 0 bridgehead atoms. The summed E-state index contributed by atoms with van der Waals surface area (Å²) in [6.07, 6.45) is 0. The number of benzene rings is 7. The van der Waals surface area contributed by atoms with Gasteiger partial charge in [0.2, 0.25) is 0 Å². The molecule has 6 nitrogen and oxygen atoms in total. The van der Waals surface area contributed by atoms with Crippen molar-refractivity contribution in [3.63, 3.8) is 0 Å². The molecule has 6 heteroatoms. The molecule has 0 saturated carbocycles. The van der Waals surface area contributed by atoms with Gasteiger partial charge in [0.15, 0.2) is 0 Å². The highest BCUT2D eigenvalue weighted by Crippen LogP contribution is 2.32. The van der Waals surface area contributed by atoms with Crippen molar-refractivity contribution in [2.24, 2.45) is 20.0 Å². The van der Waals surface area contributed by atoms with Crippen molar-refractivity contribution in [1.82, 2.24) is 9.97 Å². The molecular weight excluding hydrogens is 805 g/mol. The number of hydrogen-bond donors (Lipinski definition) is 0. The second kappa shape index (κ2) is 19.9. The Morgan fingerprint density at radius 3 is 0.803 bits per heavy atom. The number of aliphatic imine (C=N–C) groups is 4. The van der Waals surface area contributed by atoms with E-state index in [0.717, 1.165) is 113 Å². The molecule has 0 unspecified atom stereocenters. The van der Waals surface area contributed by atoms with Crippen LogP contribution in [0.3, 0.4) is 0 Å². The minimum atomic E-state index is 0.740. The average molecular weight is 853 g/mol. The Balaban J connectivity index is 1.14. The maximum Gasteiger partial charge on any atom is 0.0966 e. The van der Waals surface area contributed by atoms with Crippen molar-refractivity contribution < 1.29 is 0 Å². The maximum absolute atomic E-state index is 5.41. The highest BCUT2D eigenvalue weighted by Gasteiger charge is 2.18. The van der Waals surface area contributed by atoms with E-state index in [0.29, 0.717) is 0 Å². The van der Waals surface area contributed by atoms with Crippen LogP contribution in [0, 0.1) is 27.7 Å². The number of hydrogen-bond acceptors (Lipinski definition) is 6. The van der Waals surface area contributed by atoms with E-state index in [1.54, 1.807) is 0 Å². The molecule has 0 saturated heterocycles. The summed E-state index contributed by atoms with van der Waals surface area (Å²) in [6, 6.07) is 73.7. The second-order valence-corrected chi connectivity index (χ2v) is 16.1. The van der Waals surface area contributed by atoms with Crippen molar-refractivity contribution >= 4 is 45.6 Å². The molecule has 0 atom stereocenters. The Morgan fingerprint density at radius 1 is 0.258 bits per heavy atom. The molecule has 2 aromatic heterocycles. The molecule has 318 valence electrons. The van der Waals surface area contributed by atoms with Crippen LogP contribution >= 0.6 is 0 Å². The molecule has 0 aliphatic rings. The van der Waals surface area contributed by atoms with Gasteiger partial charge >= 0.3 is 0 Å². The molecule has 66 heavy (non-hydrogen) atoms. The molecule has 0 N–H and O–H groups in total. The first kappa shape index (κ1) is 42.8. The summed E-state index contributed by atoms with van der Waals surface area (Å²) in [5, 5.41) is 0. The van der Waals surface area contributed by atoms with Crippen LogP contribution < -0.4 is 0 Å². The Hall–Kier alpha value is -8.48.